The van der Waals surface area contributed by atoms with Gasteiger partial charge >= 0.3 is 6.03 Å². The van der Waals surface area contributed by atoms with Crippen LogP contribution in [0, 0.1) is 0 Å². The summed E-state index contributed by atoms with van der Waals surface area (Å²) < 4.78 is 5.71. The maximum atomic E-state index is 12.8. The van der Waals surface area contributed by atoms with Crippen LogP contribution in [-0.2, 0) is 11.2 Å². The number of amides is 3. The van der Waals surface area contributed by atoms with Crippen LogP contribution in [0.1, 0.15) is 25.8 Å². The highest BCUT2D eigenvalue weighted by molar-refractivity contribution is 6.30. The van der Waals surface area contributed by atoms with Crippen LogP contribution >= 0.6 is 11.6 Å². The van der Waals surface area contributed by atoms with Crippen molar-refractivity contribution in [2.75, 3.05) is 31.5 Å². The van der Waals surface area contributed by atoms with E-state index in [2.05, 4.69) is 5.32 Å². The zero-order valence-corrected chi connectivity index (χ0v) is 18.2. The standard InChI is InChI=1S/C23H28ClN3O3/c1-17(2)30-21-9-3-6-18(14-21)15-22(28)26-10-5-11-27(13-12-26)23(29)25-20-8-4-7-19(24)16-20/h3-4,6-9,14,16-17H,5,10-13,15H2,1-2H3,(H,25,29). The largest absolute Gasteiger partial charge is 0.491 e. The first-order valence-corrected chi connectivity index (χ1v) is 10.6. The van der Waals surface area contributed by atoms with E-state index in [0.29, 0.717) is 43.3 Å². The summed E-state index contributed by atoms with van der Waals surface area (Å²) in [5.74, 6) is 0.837. The summed E-state index contributed by atoms with van der Waals surface area (Å²) in [5, 5.41) is 3.44. The second-order valence-corrected chi connectivity index (χ2v) is 8.09. The summed E-state index contributed by atoms with van der Waals surface area (Å²) >= 11 is 5.98. The number of hydrogen-bond acceptors (Lipinski definition) is 3. The predicted octanol–water partition coefficient (Wildman–Crippen LogP) is 4.44. The molecule has 1 N–H and O–H groups in total. The molecule has 0 aromatic heterocycles. The molecule has 7 heteroatoms. The molecular formula is C23H28ClN3O3. The van der Waals surface area contributed by atoms with Gasteiger partial charge in [-0.15, -0.1) is 0 Å². The van der Waals surface area contributed by atoms with Crippen molar-refractivity contribution in [2.24, 2.45) is 0 Å². The van der Waals surface area contributed by atoms with Crippen molar-refractivity contribution in [3.63, 3.8) is 0 Å². The van der Waals surface area contributed by atoms with Crippen molar-refractivity contribution >= 4 is 29.2 Å². The first-order valence-electron chi connectivity index (χ1n) is 10.3. The number of urea groups is 1. The molecule has 1 aliphatic heterocycles. The second-order valence-electron chi connectivity index (χ2n) is 7.65. The van der Waals surface area contributed by atoms with Crippen molar-refractivity contribution < 1.29 is 14.3 Å². The van der Waals surface area contributed by atoms with Crippen molar-refractivity contribution in [3.05, 3.63) is 59.1 Å². The van der Waals surface area contributed by atoms with Gasteiger partial charge in [0, 0.05) is 36.9 Å². The van der Waals surface area contributed by atoms with Gasteiger partial charge in [0.15, 0.2) is 0 Å². The van der Waals surface area contributed by atoms with Crippen LogP contribution in [0.3, 0.4) is 0 Å². The lowest BCUT2D eigenvalue weighted by Crippen LogP contribution is -2.39. The van der Waals surface area contributed by atoms with Crippen LogP contribution in [0.5, 0.6) is 5.75 Å². The molecular weight excluding hydrogens is 402 g/mol. The number of carbonyl (C=O) groups is 2. The van der Waals surface area contributed by atoms with E-state index in [1.165, 1.54) is 0 Å². The Labute approximate surface area is 182 Å². The third-order valence-corrected chi connectivity index (χ3v) is 5.07. The van der Waals surface area contributed by atoms with Gasteiger partial charge in [-0.3, -0.25) is 4.79 Å². The molecule has 1 aliphatic rings. The highest BCUT2D eigenvalue weighted by Gasteiger charge is 2.22. The molecule has 2 aromatic rings. The van der Waals surface area contributed by atoms with E-state index in [1.54, 1.807) is 29.2 Å². The molecule has 1 fully saturated rings. The fraction of sp³-hybridized carbons (Fsp3) is 0.391. The van der Waals surface area contributed by atoms with Crippen molar-refractivity contribution in [1.82, 2.24) is 9.80 Å². The van der Waals surface area contributed by atoms with Crippen LogP contribution in [0.15, 0.2) is 48.5 Å². The molecule has 1 heterocycles. The number of carbonyl (C=O) groups excluding carboxylic acids is 2. The van der Waals surface area contributed by atoms with Gasteiger partial charge in [-0.1, -0.05) is 29.8 Å². The van der Waals surface area contributed by atoms with Crippen LogP contribution in [0.2, 0.25) is 5.02 Å². The molecule has 160 valence electrons. The minimum Gasteiger partial charge on any atom is -0.491 e. The van der Waals surface area contributed by atoms with Crippen LogP contribution in [0.25, 0.3) is 0 Å². The van der Waals surface area contributed by atoms with E-state index in [1.807, 2.05) is 43.0 Å². The smallest absolute Gasteiger partial charge is 0.321 e. The van der Waals surface area contributed by atoms with Gasteiger partial charge in [0.05, 0.1) is 12.5 Å². The van der Waals surface area contributed by atoms with Crippen LogP contribution in [-0.4, -0.2) is 54.0 Å². The fourth-order valence-electron chi connectivity index (χ4n) is 3.43. The Bertz CT molecular complexity index is 888. The zero-order valence-electron chi connectivity index (χ0n) is 17.4. The van der Waals surface area contributed by atoms with E-state index in [0.717, 1.165) is 17.7 Å². The average Bonchev–Trinajstić information content (AvgIpc) is 2.94. The van der Waals surface area contributed by atoms with Crippen molar-refractivity contribution in [1.29, 1.82) is 0 Å². The maximum Gasteiger partial charge on any atom is 0.321 e. The molecule has 1 saturated heterocycles. The summed E-state index contributed by atoms with van der Waals surface area (Å²) in [6.07, 6.45) is 1.15. The Balaban J connectivity index is 1.54. The molecule has 0 saturated carbocycles. The van der Waals surface area contributed by atoms with E-state index in [9.17, 15) is 9.59 Å². The lowest BCUT2D eigenvalue weighted by Gasteiger charge is -2.22. The molecule has 6 nitrogen and oxygen atoms in total. The number of rotatable bonds is 5. The fourth-order valence-corrected chi connectivity index (χ4v) is 3.62. The van der Waals surface area contributed by atoms with Crippen molar-refractivity contribution in [2.45, 2.75) is 32.8 Å². The van der Waals surface area contributed by atoms with Gasteiger partial charge in [-0.05, 0) is 56.2 Å². The Kier molecular flexibility index (Phi) is 7.57. The number of hydrogen-bond donors (Lipinski definition) is 1. The molecule has 3 rings (SSSR count). The average molecular weight is 430 g/mol. The molecule has 30 heavy (non-hydrogen) atoms. The number of ether oxygens (including phenoxy) is 1. The van der Waals surface area contributed by atoms with E-state index in [4.69, 9.17) is 16.3 Å². The van der Waals surface area contributed by atoms with Gasteiger partial charge in [0.25, 0.3) is 0 Å². The first kappa shape index (κ1) is 22.0. The zero-order chi connectivity index (χ0) is 21.5. The van der Waals surface area contributed by atoms with Crippen LogP contribution in [0.4, 0.5) is 10.5 Å². The maximum absolute atomic E-state index is 12.8. The van der Waals surface area contributed by atoms with E-state index < -0.39 is 0 Å². The Morgan fingerprint density at radius 1 is 1.03 bits per heavy atom. The number of benzene rings is 2. The lowest BCUT2D eigenvalue weighted by molar-refractivity contribution is -0.130. The van der Waals surface area contributed by atoms with Crippen molar-refractivity contribution in [3.8, 4) is 5.75 Å². The van der Waals surface area contributed by atoms with Gasteiger partial charge in [-0.2, -0.15) is 0 Å². The van der Waals surface area contributed by atoms with Gasteiger partial charge in [0.2, 0.25) is 5.91 Å². The molecule has 3 amide bonds. The highest BCUT2D eigenvalue weighted by atomic mass is 35.5. The molecule has 2 aromatic carbocycles. The van der Waals surface area contributed by atoms with Gasteiger partial charge < -0.3 is 19.9 Å². The summed E-state index contributed by atoms with van der Waals surface area (Å²) in [5.41, 5.74) is 1.59. The Morgan fingerprint density at radius 3 is 2.53 bits per heavy atom. The summed E-state index contributed by atoms with van der Waals surface area (Å²) in [6, 6.07) is 14.6. The molecule has 0 bridgehead atoms. The topological polar surface area (TPSA) is 61.9 Å². The molecule has 0 radical (unpaired) electrons. The number of nitrogens with one attached hydrogen (secondary N) is 1. The number of anilines is 1. The lowest BCUT2D eigenvalue weighted by atomic mass is 10.1. The highest BCUT2D eigenvalue weighted by Crippen LogP contribution is 2.18. The Morgan fingerprint density at radius 2 is 1.77 bits per heavy atom. The summed E-state index contributed by atoms with van der Waals surface area (Å²) in [7, 11) is 0. The number of halogens is 1. The van der Waals surface area contributed by atoms with Crippen LogP contribution < -0.4 is 10.1 Å². The molecule has 0 unspecified atom stereocenters. The molecule has 0 atom stereocenters. The molecule has 0 aliphatic carbocycles. The summed E-state index contributed by atoms with van der Waals surface area (Å²) in [6.45, 7) is 6.21. The van der Waals surface area contributed by atoms with E-state index >= 15 is 0 Å². The Hall–Kier alpha value is -2.73. The first-order chi connectivity index (χ1) is 14.4. The second kappa shape index (κ2) is 10.3. The quantitative estimate of drug-likeness (QED) is 0.764. The molecule has 0 spiro atoms. The number of nitrogens with zero attached hydrogens (tertiary/aromatic N) is 2. The predicted molar refractivity (Wildman–Crippen MR) is 119 cm³/mol. The SMILES string of the molecule is CC(C)Oc1cccc(CC(=O)N2CCCN(C(=O)Nc3cccc(Cl)c3)CC2)c1. The normalized spacial score (nSPS) is 14.4. The third-order valence-electron chi connectivity index (χ3n) is 4.84. The van der Waals surface area contributed by atoms with Gasteiger partial charge in [-0.25, -0.2) is 4.79 Å². The monoisotopic (exact) mass is 429 g/mol. The van der Waals surface area contributed by atoms with E-state index in [-0.39, 0.29) is 18.0 Å². The minimum atomic E-state index is -0.176. The van der Waals surface area contributed by atoms with Gasteiger partial charge in [0.1, 0.15) is 5.75 Å². The minimum absolute atomic E-state index is 0.0637. The summed E-state index contributed by atoms with van der Waals surface area (Å²) in [4.78, 5) is 29.0. The third kappa shape index (κ3) is 6.39.